The van der Waals surface area contributed by atoms with Crippen LogP contribution in [0, 0.1) is 6.92 Å². The molecule has 0 aliphatic rings. The van der Waals surface area contributed by atoms with Crippen LogP contribution < -0.4 is 11.4 Å². The Morgan fingerprint density at radius 2 is 1.87 bits per heavy atom. The van der Waals surface area contributed by atoms with Crippen molar-refractivity contribution in [3.05, 3.63) is 76.4 Å². The van der Waals surface area contributed by atoms with Crippen LogP contribution in [-0.4, -0.2) is 25.9 Å². The molecule has 2 heterocycles. The molecule has 0 unspecified atom stereocenters. The Morgan fingerprint density at radius 1 is 1.20 bits per heavy atom. The van der Waals surface area contributed by atoms with Crippen LogP contribution in [0.2, 0.25) is 0 Å². The molecule has 0 aliphatic carbocycles. The highest BCUT2D eigenvalue weighted by molar-refractivity contribution is 5.85. The van der Waals surface area contributed by atoms with Gasteiger partial charge in [0.25, 0.3) is 0 Å². The minimum Gasteiger partial charge on any atom is -0.327 e. The number of alkyl halides is 3. The van der Waals surface area contributed by atoms with Crippen LogP contribution in [0.5, 0.6) is 0 Å². The van der Waals surface area contributed by atoms with E-state index in [1.807, 2.05) is 0 Å². The summed E-state index contributed by atoms with van der Waals surface area (Å²) in [6, 6.07) is 6.43. The minimum atomic E-state index is -4.40. The fourth-order valence-electron chi connectivity index (χ4n) is 2.76. The van der Waals surface area contributed by atoms with Gasteiger partial charge in [-0.15, -0.1) is 12.4 Å². The Hall–Kier alpha value is -2.98. The van der Waals surface area contributed by atoms with E-state index < -0.39 is 17.4 Å². The number of pyridine rings is 1. The van der Waals surface area contributed by atoms with Gasteiger partial charge in [-0.25, -0.2) is 23.4 Å². The van der Waals surface area contributed by atoms with Gasteiger partial charge in [-0.05, 0) is 41.8 Å². The van der Waals surface area contributed by atoms with E-state index in [9.17, 15) is 22.4 Å². The van der Waals surface area contributed by atoms with Gasteiger partial charge in [0.2, 0.25) is 0 Å². The Balaban J connectivity index is 0.00000320. The molecule has 0 saturated carbocycles. The van der Waals surface area contributed by atoms with Crippen molar-refractivity contribution in [2.45, 2.75) is 19.6 Å². The summed E-state index contributed by atoms with van der Waals surface area (Å²) in [5.41, 5.74) is 6.13. The zero-order chi connectivity index (χ0) is 21.2. The first-order valence-corrected chi connectivity index (χ1v) is 8.52. The van der Waals surface area contributed by atoms with Gasteiger partial charge in [-0.3, -0.25) is 0 Å². The van der Waals surface area contributed by atoms with E-state index in [-0.39, 0.29) is 31.1 Å². The predicted octanol–water partition coefficient (Wildman–Crippen LogP) is 3.66. The summed E-state index contributed by atoms with van der Waals surface area (Å²) in [6.07, 6.45) is -1.34. The summed E-state index contributed by atoms with van der Waals surface area (Å²) in [6.45, 7) is 1.59. The lowest BCUT2D eigenvalue weighted by molar-refractivity contribution is -0.137. The summed E-state index contributed by atoms with van der Waals surface area (Å²) < 4.78 is 53.1. The van der Waals surface area contributed by atoms with Crippen molar-refractivity contribution >= 4 is 12.4 Å². The molecule has 1 aromatic carbocycles. The van der Waals surface area contributed by atoms with Crippen molar-refractivity contribution in [2.75, 3.05) is 6.54 Å². The molecule has 3 rings (SSSR count). The molecule has 0 bridgehead atoms. The van der Waals surface area contributed by atoms with Crippen molar-refractivity contribution in [3.8, 4) is 16.9 Å². The molecular formula is C19H18ClF4N5O. The monoisotopic (exact) mass is 443 g/mol. The summed E-state index contributed by atoms with van der Waals surface area (Å²) in [7, 11) is 0. The van der Waals surface area contributed by atoms with Crippen LogP contribution in [0.3, 0.4) is 0 Å². The molecule has 0 spiro atoms. The number of rotatable bonds is 5. The SMILES string of the molecule is Cc1cc(-c2ccc(C(F)(F)F)cc2)cnc1-n1cnn(C/C(=C/F)CN)c1=O.Cl. The molecule has 2 aromatic heterocycles. The number of hydrogen-bond acceptors (Lipinski definition) is 4. The van der Waals surface area contributed by atoms with Crippen LogP contribution >= 0.6 is 12.4 Å². The minimum absolute atomic E-state index is 0. The molecule has 0 radical (unpaired) electrons. The molecule has 0 amide bonds. The predicted molar refractivity (Wildman–Crippen MR) is 106 cm³/mol. The standard InChI is InChI=1S/C19H17F4N5O.ClH/c1-12-6-15(14-2-4-16(5-3-14)19(21,22)23)9-25-17(12)27-11-26-28(18(27)29)10-13(7-20)8-24;/h2-7,9,11H,8,10,24H2,1H3;1H/b13-7+;. The molecule has 0 fully saturated rings. The molecule has 3 aromatic rings. The van der Waals surface area contributed by atoms with Gasteiger partial charge >= 0.3 is 11.9 Å². The van der Waals surface area contributed by atoms with E-state index in [1.165, 1.54) is 29.2 Å². The second-order valence-electron chi connectivity index (χ2n) is 6.35. The average molecular weight is 444 g/mol. The zero-order valence-electron chi connectivity index (χ0n) is 15.7. The number of halogens is 5. The third-order valence-electron chi connectivity index (χ3n) is 4.33. The summed E-state index contributed by atoms with van der Waals surface area (Å²) in [4.78, 5) is 16.8. The van der Waals surface area contributed by atoms with Gasteiger partial charge in [0.05, 0.1) is 18.4 Å². The lowest BCUT2D eigenvalue weighted by Gasteiger charge is -2.10. The highest BCUT2D eigenvalue weighted by atomic mass is 35.5. The van der Waals surface area contributed by atoms with Gasteiger partial charge in [0.1, 0.15) is 12.1 Å². The molecule has 6 nitrogen and oxygen atoms in total. The summed E-state index contributed by atoms with van der Waals surface area (Å²) in [5, 5.41) is 3.94. The van der Waals surface area contributed by atoms with Crippen LogP contribution in [-0.2, 0) is 12.7 Å². The highest BCUT2D eigenvalue weighted by Gasteiger charge is 2.30. The molecule has 0 aliphatic heterocycles. The van der Waals surface area contributed by atoms with Gasteiger partial charge < -0.3 is 5.73 Å². The Morgan fingerprint density at radius 3 is 2.40 bits per heavy atom. The maximum absolute atomic E-state index is 12.7. The van der Waals surface area contributed by atoms with Crippen LogP contribution in [0.4, 0.5) is 17.6 Å². The fraction of sp³-hybridized carbons (Fsp3) is 0.211. The number of aromatic nitrogens is 4. The molecule has 0 atom stereocenters. The molecule has 30 heavy (non-hydrogen) atoms. The number of nitrogens with zero attached hydrogens (tertiary/aromatic N) is 4. The average Bonchev–Trinajstić information content (AvgIpc) is 3.05. The van der Waals surface area contributed by atoms with Gasteiger partial charge in [0.15, 0.2) is 0 Å². The number of aryl methyl sites for hydroxylation is 1. The normalized spacial score (nSPS) is 12.0. The van der Waals surface area contributed by atoms with Crippen molar-refractivity contribution in [3.63, 3.8) is 0 Å². The van der Waals surface area contributed by atoms with E-state index in [1.54, 1.807) is 13.0 Å². The molecule has 0 saturated heterocycles. The fourth-order valence-corrected chi connectivity index (χ4v) is 2.76. The molecular weight excluding hydrogens is 426 g/mol. The Labute approximate surface area is 175 Å². The molecule has 160 valence electrons. The summed E-state index contributed by atoms with van der Waals surface area (Å²) in [5.74, 6) is 0.315. The first kappa shape index (κ1) is 23.3. The summed E-state index contributed by atoms with van der Waals surface area (Å²) >= 11 is 0. The molecule has 2 N–H and O–H groups in total. The van der Waals surface area contributed by atoms with Crippen molar-refractivity contribution in [1.82, 2.24) is 19.3 Å². The van der Waals surface area contributed by atoms with Crippen LogP contribution in [0.15, 0.2) is 59.6 Å². The van der Waals surface area contributed by atoms with Gasteiger partial charge in [-0.2, -0.15) is 18.3 Å². The van der Waals surface area contributed by atoms with Crippen molar-refractivity contribution in [1.29, 1.82) is 0 Å². The second-order valence-corrected chi connectivity index (χ2v) is 6.35. The Kier molecular flexibility index (Phi) is 7.16. The van der Waals surface area contributed by atoms with Crippen LogP contribution in [0.1, 0.15) is 11.1 Å². The van der Waals surface area contributed by atoms with E-state index in [2.05, 4.69) is 10.1 Å². The highest BCUT2D eigenvalue weighted by Crippen LogP contribution is 2.31. The lowest BCUT2D eigenvalue weighted by Crippen LogP contribution is -2.26. The third kappa shape index (κ3) is 4.77. The van der Waals surface area contributed by atoms with E-state index >= 15 is 0 Å². The van der Waals surface area contributed by atoms with E-state index in [0.29, 0.717) is 28.8 Å². The van der Waals surface area contributed by atoms with Gasteiger partial charge in [0, 0.05) is 18.3 Å². The topological polar surface area (TPSA) is 78.7 Å². The smallest absolute Gasteiger partial charge is 0.327 e. The second kappa shape index (κ2) is 9.23. The lowest BCUT2D eigenvalue weighted by atomic mass is 10.0. The largest absolute Gasteiger partial charge is 0.416 e. The number of hydrogen-bond donors (Lipinski definition) is 1. The maximum atomic E-state index is 12.7. The molecule has 11 heteroatoms. The zero-order valence-corrected chi connectivity index (χ0v) is 16.5. The first-order chi connectivity index (χ1) is 13.7. The van der Waals surface area contributed by atoms with E-state index in [4.69, 9.17) is 5.73 Å². The Bertz CT molecular complexity index is 1100. The quantitative estimate of drug-likeness (QED) is 0.610. The number of benzene rings is 1. The van der Waals surface area contributed by atoms with Crippen LogP contribution in [0.25, 0.3) is 16.9 Å². The van der Waals surface area contributed by atoms with E-state index in [0.717, 1.165) is 16.8 Å². The third-order valence-corrected chi connectivity index (χ3v) is 4.33. The van der Waals surface area contributed by atoms with Crippen molar-refractivity contribution < 1.29 is 17.6 Å². The maximum Gasteiger partial charge on any atom is 0.416 e. The number of nitrogens with two attached hydrogens (primary N) is 1. The first-order valence-electron chi connectivity index (χ1n) is 8.52. The van der Waals surface area contributed by atoms with Crippen molar-refractivity contribution in [2.24, 2.45) is 5.73 Å². The van der Waals surface area contributed by atoms with Gasteiger partial charge in [-0.1, -0.05) is 12.1 Å².